The minimum Gasteiger partial charge on any atom is -0.493 e. The Kier molecular flexibility index (Phi) is 10.3. The van der Waals surface area contributed by atoms with Crippen LogP contribution in [0, 0.1) is 5.92 Å². The van der Waals surface area contributed by atoms with Crippen LogP contribution in [-0.4, -0.2) is 39.3 Å². The summed E-state index contributed by atoms with van der Waals surface area (Å²) >= 11 is 0. The van der Waals surface area contributed by atoms with Crippen LogP contribution in [0.5, 0.6) is 11.5 Å². The van der Waals surface area contributed by atoms with Crippen molar-refractivity contribution in [3.05, 3.63) is 23.8 Å². The molecule has 0 radical (unpaired) electrons. The van der Waals surface area contributed by atoms with Gasteiger partial charge in [-0.3, -0.25) is 4.79 Å². The predicted molar refractivity (Wildman–Crippen MR) is 103 cm³/mol. The van der Waals surface area contributed by atoms with Crippen LogP contribution in [0.4, 0.5) is 0 Å². The first-order chi connectivity index (χ1) is 11.7. The SMILES string of the molecule is CCOc1cc(CCCNC(=O)CCC2CCNC2)ccc1OC.Cl. The fraction of sp³-hybridized carbons (Fsp3) is 0.632. The van der Waals surface area contributed by atoms with Gasteiger partial charge < -0.3 is 20.1 Å². The second-order valence-corrected chi connectivity index (χ2v) is 6.27. The molecule has 1 unspecified atom stereocenters. The summed E-state index contributed by atoms with van der Waals surface area (Å²) < 4.78 is 10.9. The molecule has 1 saturated heterocycles. The van der Waals surface area contributed by atoms with Gasteiger partial charge in [0.2, 0.25) is 5.91 Å². The van der Waals surface area contributed by atoms with Gasteiger partial charge in [0.1, 0.15) is 0 Å². The number of rotatable bonds is 10. The molecule has 1 atom stereocenters. The molecule has 0 spiro atoms. The quantitative estimate of drug-likeness (QED) is 0.622. The lowest BCUT2D eigenvalue weighted by molar-refractivity contribution is -0.121. The molecule has 25 heavy (non-hydrogen) atoms. The highest BCUT2D eigenvalue weighted by molar-refractivity contribution is 5.85. The van der Waals surface area contributed by atoms with Gasteiger partial charge in [-0.25, -0.2) is 0 Å². The molecule has 0 saturated carbocycles. The number of carbonyl (C=O) groups is 1. The minimum absolute atomic E-state index is 0. The zero-order valence-corrected chi connectivity index (χ0v) is 16.1. The zero-order chi connectivity index (χ0) is 17.2. The predicted octanol–water partition coefficient (Wildman–Crippen LogP) is 2.95. The van der Waals surface area contributed by atoms with Gasteiger partial charge in [0, 0.05) is 13.0 Å². The Morgan fingerprint density at radius 2 is 2.20 bits per heavy atom. The Balaban J connectivity index is 0.00000312. The molecule has 0 aliphatic carbocycles. The van der Waals surface area contributed by atoms with Gasteiger partial charge in [-0.05, 0) is 69.3 Å². The van der Waals surface area contributed by atoms with E-state index in [1.54, 1.807) is 7.11 Å². The molecular formula is C19H31ClN2O3. The van der Waals surface area contributed by atoms with E-state index in [9.17, 15) is 4.79 Å². The third-order valence-corrected chi connectivity index (χ3v) is 4.43. The Hall–Kier alpha value is -1.46. The minimum atomic E-state index is 0. The smallest absolute Gasteiger partial charge is 0.220 e. The number of methoxy groups -OCH3 is 1. The molecule has 6 heteroatoms. The standard InChI is InChI=1S/C19H30N2O3.ClH/c1-3-24-18-13-15(6-8-17(18)23-2)5-4-11-21-19(22)9-7-16-10-12-20-14-16;/h6,8,13,16,20H,3-5,7,9-12,14H2,1-2H3,(H,21,22);1H. The third-order valence-electron chi connectivity index (χ3n) is 4.43. The van der Waals surface area contributed by atoms with Gasteiger partial charge in [0.15, 0.2) is 11.5 Å². The van der Waals surface area contributed by atoms with Crippen LogP contribution in [0.3, 0.4) is 0 Å². The van der Waals surface area contributed by atoms with E-state index in [1.165, 1.54) is 12.0 Å². The normalized spacial score (nSPS) is 16.2. The van der Waals surface area contributed by atoms with Crippen molar-refractivity contribution in [3.63, 3.8) is 0 Å². The van der Waals surface area contributed by atoms with Crippen LogP contribution in [0.25, 0.3) is 0 Å². The van der Waals surface area contributed by atoms with Gasteiger partial charge >= 0.3 is 0 Å². The topological polar surface area (TPSA) is 59.6 Å². The average molecular weight is 371 g/mol. The zero-order valence-electron chi connectivity index (χ0n) is 15.3. The Morgan fingerprint density at radius 1 is 1.36 bits per heavy atom. The molecule has 1 heterocycles. The van der Waals surface area contributed by atoms with Crippen LogP contribution in [0.1, 0.15) is 38.2 Å². The number of nitrogens with one attached hydrogen (secondary N) is 2. The van der Waals surface area contributed by atoms with Crippen molar-refractivity contribution in [2.75, 3.05) is 33.4 Å². The Bertz CT molecular complexity index is 519. The molecule has 142 valence electrons. The summed E-state index contributed by atoms with van der Waals surface area (Å²) in [5.74, 6) is 2.39. The van der Waals surface area contributed by atoms with Crippen molar-refractivity contribution < 1.29 is 14.3 Å². The summed E-state index contributed by atoms with van der Waals surface area (Å²) in [4.78, 5) is 11.9. The second-order valence-electron chi connectivity index (χ2n) is 6.27. The Labute approximate surface area is 157 Å². The number of carbonyl (C=O) groups excluding carboxylic acids is 1. The number of ether oxygens (including phenoxy) is 2. The monoisotopic (exact) mass is 370 g/mol. The Morgan fingerprint density at radius 3 is 2.88 bits per heavy atom. The summed E-state index contributed by atoms with van der Waals surface area (Å²) in [5.41, 5.74) is 1.20. The fourth-order valence-electron chi connectivity index (χ4n) is 3.05. The van der Waals surface area contributed by atoms with Gasteiger partial charge in [-0.15, -0.1) is 12.4 Å². The molecule has 0 bridgehead atoms. The molecule has 1 aliphatic heterocycles. The highest BCUT2D eigenvalue weighted by Crippen LogP contribution is 2.28. The summed E-state index contributed by atoms with van der Waals surface area (Å²) in [6, 6.07) is 6.02. The van der Waals surface area contributed by atoms with Gasteiger partial charge in [0.05, 0.1) is 13.7 Å². The maximum atomic E-state index is 11.9. The molecule has 2 N–H and O–H groups in total. The van der Waals surface area contributed by atoms with E-state index in [0.717, 1.165) is 50.4 Å². The maximum absolute atomic E-state index is 11.9. The molecular weight excluding hydrogens is 340 g/mol. The van der Waals surface area contributed by atoms with E-state index in [0.29, 0.717) is 18.9 Å². The van der Waals surface area contributed by atoms with E-state index < -0.39 is 0 Å². The number of hydrogen-bond donors (Lipinski definition) is 2. The number of aryl methyl sites for hydroxylation is 1. The summed E-state index contributed by atoms with van der Waals surface area (Å²) in [6.07, 6.45) is 4.68. The summed E-state index contributed by atoms with van der Waals surface area (Å²) in [5, 5.41) is 6.36. The largest absolute Gasteiger partial charge is 0.493 e. The maximum Gasteiger partial charge on any atom is 0.220 e. The van der Waals surface area contributed by atoms with Gasteiger partial charge in [0.25, 0.3) is 0 Å². The number of hydrogen-bond acceptors (Lipinski definition) is 4. The lowest BCUT2D eigenvalue weighted by Crippen LogP contribution is -2.25. The fourth-order valence-corrected chi connectivity index (χ4v) is 3.05. The average Bonchev–Trinajstić information content (AvgIpc) is 3.11. The first kappa shape index (κ1) is 21.6. The summed E-state index contributed by atoms with van der Waals surface area (Å²) in [6.45, 7) is 5.46. The molecule has 1 amide bonds. The molecule has 1 fully saturated rings. The van der Waals surface area contributed by atoms with Crippen LogP contribution in [0.2, 0.25) is 0 Å². The lowest BCUT2D eigenvalue weighted by Gasteiger charge is -2.11. The van der Waals surface area contributed by atoms with E-state index in [2.05, 4.69) is 16.7 Å². The molecule has 0 aromatic heterocycles. The van der Waals surface area contributed by atoms with Crippen molar-refractivity contribution in [3.8, 4) is 11.5 Å². The van der Waals surface area contributed by atoms with Crippen LogP contribution in [-0.2, 0) is 11.2 Å². The summed E-state index contributed by atoms with van der Waals surface area (Å²) in [7, 11) is 1.65. The van der Waals surface area contributed by atoms with Crippen molar-refractivity contribution in [2.24, 2.45) is 5.92 Å². The van der Waals surface area contributed by atoms with Crippen molar-refractivity contribution in [2.45, 2.75) is 39.0 Å². The second kappa shape index (κ2) is 12.0. The first-order valence-corrected chi connectivity index (χ1v) is 9.00. The number of benzene rings is 1. The number of halogens is 1. The van der Waals surface area contributed by atoms with Crippen LogP contribution < -0.4 is 20.1 Å². The van der Waals surface area contributed by atoms with Gasteiger partial charge in [-0.1, -0.05) is 6.07 Å². The van der Waals surface area contributed by atoms with Crippen LogP contribution in [0.15, 0.2) is 18.2 Å². The molecule has 5 nitrogen and oxygen atoms in total. The van der Waals surface area contributed by atoms with E-state index in [-0.39, 0.29) is 18.3 Å². The molecule has 1 aromatic carbocycles. The highest BCUT2D eigenvalue weighted by Gasteiger charge is 2.15. The van der Waals surface area contributed by atoms with Crippen molar-refractivity contribution in [1.82, 2.24) is 10.6 Å². The highest BCUT2D eigenvalue weighted by atomic mass is 35.5. The molecule has 1 aromatic rings. The van der Waals surface area contributed by atoms with Gasteiger partial charge in [-0.2, -0.15) is 0 Å². The van der Waals surface area contributed by atoms with Crippen molar-refractivity contribution in [1.29, 1.82) is 0 Å². The third kappa shape index (κ3) is 7.53. The molecule has 1 aliphatic rings. The van der Waals surface area contributed by atoms with E-state index in [1.807, 2.05) is 19.1 Å². The van der Waals surface area contributed by atoms with Crippen LogP contribution >= 0.6 is 12.4 Å². The van der Waals surface area contributed by atoms with E-state index in [4.69, 9.17) is 9.47 Å². The first-order valence-electron chi connectivity index (χ1n) is 9.00. The number of amides is 1. The van der Waals surface area contributed by atoms with E-state index >= 15 is 0 Å². The van der Waals surface area contributed by atoms with Crippen molar-refractivity contribution >= 4 is 18.3 Å². The lowest BCUT2D eigenvalue weighted by atomic mass is 10.0. The molecule has 2 rings (SSSR count).